The largest absolute Gasteiger partial charge is 0.323 e. The van der Waals surface area contributed by atoms with E-state index < -0.39 is 0 Å². The second-order valence-electron chi connectivity index (χ2n) is 5.76. The van der Waals surface area contributed by atoms with Crippen molar-refractivity contribution in [3.63, 3.8) is 0 Å². The highest BCUT2D eigenvalue weighted by molar-refractivity contribution is 6.36. The van der Waals surface area contributed by atoms with E-state index in [0.717, 1.165) is 35.3 Å². The maximum atomic E-state index is 6.38. The van der Waals surface area contributed by atoms with Gasteiger partial charge in [-0.3, -0.25) is 0 Å². The van der Waals surface area contributed by atoms with Crippen LogP contribution in [0.4, 0.5) is 0 Å². The molecule has 0 aliphatic heterocycles. The minimum absolute atomic E-state index is 0.434. The number of para-hydroxylation sites is 2. The summed E-state index contributed by atoms with van der Waals surface area (Å²) in [5, 5.41) is 1.40. The summed E-state index contributed by atoms with van der Waals surface area (Å²) in [5.74, 6) is 1.55. The maximum Gasteiger partial charge on any atom is 0.113 e. The van der Waals surface area contributed by atoms with Crippen LogP contribution in [0.5, 0.6) is 0 Å². The predicted octanol–water partition coefficient (Wildman–Crippen LogP) is 6.30. The number of rotatable bonds is 5. The van der Waals surface area contributed by atoms with Gasteiger partial charge in [0.25, 0.3) is 0 Å². The van der Waals surface area contributed by atoms with Gasteiger partial charge in [-0.25, -0.2) is 4.98 Å². The molecule has 1 aromatic heterocycles. The quantitative estimate of drug-likeness (QED) is 0.530. The van der Waals surface area contributed by atoms with Crippen LogP contribution in [-0.2, 0) is 6.54 Å². The number of halogens is 2. The monoisotopic (exact) mass is 346 g/mol. The van der Waals surface area contributed by atoms with Crippen molar-refractivity contribution in [2.75, 3.05) is 0 Å². The Morgan fingerprint density at radius 2 is 1.61 bits per heavy atom. The van der Waals surface area contributed by atoms with Gasteiger partial charge < -0.3 is 4.57 Å². The Morgan fingerprint density at radius 3 is 2.26 bits per heavy atom. The van der Waals surface area contributed by atoms with Gasteiger partial charge in [0.2, 0.25) is 0 Å². The van der Waals surface area contributed by atoms with Crippen LogP contribution in [0.3, 0.4) is 0 Å². The Balaban J connectivity index is 2.16. The zero-order valence-corrected chi connectivity index (χ0v) is 14.9. The number of aromatic nitrogens is 2. The molecule has 0 aliphatic rings. The van der Waals surface area contributed by atoms with E-state index in [9.17, 15) is 0 Å². The van der Waals surface area contributed by atoms with Crippen LogP contribution in [0.15, 0.2) is 42.5 Å². The van der Waals surface area contributed by atoms with Gasteiger partial charge in [0.05, 0.1) is 17.6 Å². The molecule has 0 saturated heterocycles. The van der Waals surface area contributed by atoms with E-state index in [2.05, 4.69) is 30.5 Å². The van der Waals surface area contributed by atoms with Crippen LogP contribution in [0, 0.1) is 0 Å². The third-order valence-electron chi connectivity index (χ3n) is 4.41. The maximum absolute atomic E-state index is 6.38. The molecule has 3 aromatic rings. The smallest absolute Gasteiger partial charge is 0.113 e. The molecule has 23 heavy (non-hydrogen) atoms. The van der Waals surface area contributed by atoms with Crippen molar-refractivity contribution < 1.29 is 0 Å². The fourth-order valence-electron chi connectivity index (χ4n) is 3.07. The van der Waals surface area contributed by atoms with E-state index >= 15 is 0 Å². The van der Waals surface area contributed by atoms with Crippen LogP contribution in [0.1, 0.15) is 44.0 Å². The summed E-state index contributed by atoms with van der Waals surface area (Å²) in [4.78, 5) is 4.89. The molecular formula is C19H20Cl2N2. The minimum Gasteiger partial charge on any atom is -0.323 e. The molecule has 3 rings (SSSR count). The van der Waals surface area contributed by atoms with E-state index in [4.69, 9.17) is 28.2 Å². The van der Waals surface area contributed by atoms with Crippen molar-refractivity contribution in [2.45, 2.75) is 39.2 Å². The Morgan fingerprint density at radius 1 is 0.957 bits per heavy atom. The molecule has 0 saturated carbocycles. The fourth-order valence-corrected chi connectivity index (χ4v) is 3.58. The molecule has 2 nitrogen and oxygen atoms in total. The van der Waals surface area contributed by atoms with Crippen molar-refractivity contribution in [3.8, 4) is 0 Å². The molecule has 0 bridgehead atoms. The normalized spacial score (nSPS) is 11.5. The highest BCUT2D eigenvalue weighted by atomic mass is 35.5. The van der Waals surface area contributed by atoms with Crippen LogP contribution >= 0.6 is 23.2 Å². The number of nitrogens with zero attached hydrogens (tertiary/aromatic N) is 2. The molecule has 0 fully saturated rings. The molecule has 0 unspecified atom stereocenters. The zero-order valence-electron chi connectivity index (χ0n) is 13.4. The molecule has 0 amide bonds. The Hall–Kier alpha value is -1.51. The summed E-state index contributed by atoms with van der Waals surface area (Å²) in [6, 6.07) is 13.9. The molecule has 0 radical (unpaired) electrons. The van der Waals surface area contributed by atoms with Crippen LogP contribution in [0.2, 0.25) is 10.0 Å². The number of imidazole rings is 1. The lowest BCUT2D eigenvalue weighted by Gasteiger charge is -2.17. The number of hydrogen-bond acceptors (Lipinski definition) is 1. The van der Waals surface area contributed by atoms with Gasteiger partial charge in [-0.15, -0.1) is 0 Å². The first-order valence-corrected chi connectivity index (χ1v) is 8.79. The number of benzene rings is 2. The van der Waals surface area contributed by atoms with Crippen molar-refractivity contribution in [1.29, 1.82) is 0 Å². The molecule has 0 spiro atoms. The molecular weight excluding hydrogens is 327 g/mol. The predicted molar refractivity (Wildman–Crippen MR) is 98.6 cm³/mol. The SMILES string of the molecule is CCC(CC)c1nc2ccccc2n1Cc1c(Cl)cccc1Cl. The third kappa shape index (κ3) is 3.11. The van der Waals surface area contributed by atoms with Crippen molar-refractivity contribution in [2.24, 2.45) is 0 Å². The molecule has 120 valence electrons. The van der Waals surface area contributed by atoms with E-state index in [1.54, 1.807) is 0 Å². The van der Waals surface area contributed by atoms with Gasteiger partial charge >= 0.3 is 0 Å². The fraction of sp³-hybridized carbons (Fsp3) is 0.316. The second-order valence-corrected chi connectivity index (χ2v) is 6.57. The first-order chi connectivity index (χ1) is 11.2. The summed E-state index contributed by atoms with van der Waals surface area (Å²) in [6.45, 7) is 5.06. The highest BCUT2D eigenvalue weighted by Gasteiger charge is 2.19. The Labute approximate surface area is 147 Å². The highest BCUT2D eigenvalue weighted by Crippen LogP contribution is 2.31. The third-order valence-corrected chi connectivity index (χ3v) is 5.12. The molecule has 0 N–H and O–H groups in total. The van der Waals surface area contributed by atoms with Crippen LogP contribution < -0.4 is 0 Å². The van der Waals surface area contributed by atoms with E-state index in [1.165, 1.54) is 0 Å². The summed E-state index contributed by atoms with van der Waals surface area (Å²) in [7, 11) is 0. The van der Waals surface area contributed by atoms with Gasteiger partial charge in [-0.1, -0.05) is 55.2 Å². The van der Waals surface area contributed by atoms with Crippen LogP contribution in [0.25, 0.3) is 11.0 Å². The first-order valence-electron chi connectivity index (χ1n) is 8.03. The van der Waals surface area contributed by atoms with Crippen molar-refractivity contribution in [3.05, 3.63) is 63.9 Å². The van der Waals surface area contributed by atoms with E-state index in [0.29, 0.717) is 22.5 Å². The second kappa shape index (κ2) is 6.94. The average Bonchev–Trinajstić information content (AvgIpc) is 2.91. The summed E-state index contributed by atoms with van der Waals surface area (Å²) >= 11 is 12.8. The van der Waals surface area contributed by atoms with Crippen molar-refractivity contribution in [1.82, 2.24) is 9.55 Å². The van der Waals surface area contributed by atoms with Gasteiger partial charge in [0.15, 0.2) is 0 Å². The lowest BCUT2D eigenvalue weighted by molar-refractivity contribution is 0.570. The van der Waals surface area contributed by atoms with E-state index in [-0.39, 0.29) is 0 Å². The molecule has 4 heteroatoms. The number of hydrogen-bond donors (Lipinski definition) is 0. The van der Waals surface area contributed by atoms with Gasteiger partial charge in [-0.05, 0) is 37.1 Å². The summed E-state index contributed by atoms with van der Waals surface area (Å²) < 4.78 is 2.26. The number of fused-ring (bicyclic) bond motifs is 1. The van der Waals surface area contributed by atoms with Gasteiger partial charge in [0.1, 0.15) is 5.82 Å². The minimum atomic E-state index is 0.434. The molecule has 0 atom stereocenters. The van der Waals surface area contributed by atoms with Gasteiger partial charge in [0, 0.05) is 21.5 Å². The Bertz CT molecular complexity index is 799. The average molecular weight is 347 g/mol. The molecule has 1 heterocycles. The topological polar surface area (TPSA) is 17.8 Å². The van der Waals surface area contributed by atoms with E-state index in [1.807, 2.05) is 30.3 Å². The summed E-state index contributed by atoms with van der Waals surface area (Å²) in [6.07, 6.45) is 2.13. The first kappa shape index (κ1) is 16.4. The lowest BCUT2D eigenvalue weighted by atomic mass is 10.0. The molecule has 2 aromatic carbocycles. The standard InChI is InChI=1S/C19H20Cl2N2/c1-3-13(4-2)19-22-17-10-5-6-11-18(17)23(19)12-14-15(20)8-7-9-16(14)21/h5-11,13H,3-4,12H2,1-2H3. The lowest BCUT2D eigenvalue weighted by Crippen LogP contribution is -2.10. The summed E-state index contributed by atoms with van der Waals surface area (Å²) in [5.41, 5.74) is 3.11. The Kier molecular flexibility index (Phi) is 4.93. The molecule has 0 aliphatic carbocycles. The van der Waals surface area contributed by atoms with Gasteiger partial charge in [-0.2, -0.15) is 0 Å². The zero-order chi connectivity index (χ0) is 16.4. The van der Waals surface area contributed by atoms with Crippen LogP contribution in [-0.4, -0.2) is 9.55 Å². The van der Waals surface area contributed by atoms with Crippen molar-refractivity contribution >= 4 is 34.2 Å².